The number of fused-ring (bicyclic) bond motifs is 9. The minimum absolute atomic E-state index is 0.656. The lowest BCUT2D eigenvalue weighted by Crippen LogP contribution is -2.42. The summed E-state index contributed by atoms with van der Waals surface area (Å²) >= 11 is 0. The van der Waals surface area contributed by atoms with E-state index in [1.54, 1.807) is 0 Å². The van der Waals surface area contributed by atoms with E-state index in [4.69, 9.17) is 9.31 Å². The second kappa shape index (κ2) is 10.4. The van der Waals surface area contributed by atoms with Gasteiger partial charge in [-0.2, -0.15) is 0 Å². The summed E-state index contributed by atoms with van der Waals surface area (Å²) in [7, 11) is -0.656. The molecule has 9 aromatic carbocycles. The zero-order valence-corrected chi connectivity index (χ0v) is 24.5. The molecule has 0 radical (unpaired) electrons. The molecule has 0 aliphatic rings. The molecule has 0 N–H and O–H groups in total. The average Bonchev–Trinajstić information content (AvgIpc) is 3.10. The fourth-order valence-electron chi connectivity index (χ4n) is 6.71. The minimum atomic E-state index is -0.656. The molecule has 0 unspecified atom stereocenters. The Morgan fingerprint density at radius 1 is 0.289 bits per heavy atom. The monoisotopic (exact) mass is 574 g/mol. The Morgan fingerprint density at radius 2 is 0.644 bits per heavy atom. The van der Waals surface area contributed by atoms with Crippen LogP contribution in [0.2, 0.25) is 0 Å². The summed E-state index contributed by atoms with van der Waals surface area (Å²) in [6, 6.07) is 57.6. The number of hydrogen-bond acceptors (Lipinski definition) is 2. The lowest BCUT2D eigenvalue weighted by atomic mass is 9.77. The van der Waals surface area contributed by atoms with Crippen molar-refractivity contribution in [1.82, 2.24) is 0 Å². The standard InChI is InChI=1S/C42H27BO2/c1-4-10-37-28(7-1)13-16-31-25-34(19-22-40(31)37)43(44-35-20-23-41-32(26-35)17-14-29-8-2-5-11-38(29)41)45-36-21-24-42-33(27-36)18-15-30-9-3-6-12-39(30)42/h1-27H. The predicted octanol–water partition coefficient (Wildman–Crippen LogP) is 10.5. The molecule has 0 heterocycles. The molecule has 0 aromatic heterocycles. The van der Waals surface area contributed by atoms with Gasteiger partial charge in [-0.15, -0.1) is 0 Å². The maximum absolute atomic E-state index is 6.72. The van der Waals surface area contributed by atoms with E-state index in [2.05, 4.69) is 152 Å². The van der Waals surface area contributed by atoms with Gasteiger partial charge in [-0.1, -0.05) is 140 Å². The van der Waals surface area contributed by atoms with Gasteiger partial charge in [-0.3, -0.25) is 0 Å². The van der Waals surface area contributed by atoms with Crippen molar-refractivity contribution in [1.29, 1.82) is 0 Å². The van der Waals surface area contributed by atoms with Crippen LogP contribution in [-0.4, -0.2) is 7.12 Å². The normalized spacial score (nSPS) is 11.6. The SMILES string of the molecule is c1ccc2c(c1)ccc1cc(OB(Oc3ccc4c(ccc5ccccc54)c3)c3ccc4c(ccc5ccccc54)c3)ccc12. The van der Waals surface area contributed by atoms with Crippen LogP contribution < -0.4 is 14.8 Å². The van der Waals surface area contributed by atoms with Crippen LogP contribution >= 0.6 is 0 Å². The number of rotatable bonds is 5. The summed E-state index contributed by atoms with van der Waals surface area (Å²) in [5.41, 5.74) is 0.954. The van der Waals surface area contributed by atoms with E-state index in [1.165, 1.54) is 48.5 Å². The molecule has 0 saturated heterocycles. The molecular formula is C42H27BO2. The van der Waals surface area contributed by atoms with Gasteiger partial charge in [0.15, 0.2) is 0 Å². The largest absolute Gasteiger partial charge is 0.632 e. The first-order valence-corrected chi connectivity index (χ1v) is 15.3. The van der Waals surface area contributed by atoms with Crippen LogP contribution in [0.15, 0.2) is 164 Å². The molecular weight excluding hydrogens is 547 g/mol. The zero-order chi connectivity index (χ0) is 29.7. The van der Waals surface area contributed by atoms with Gasteiger partial charge in [-0.05, 0) is 88.9 Å². The molecule has 3 heteroatoms. The summed E-state index contributed by atoms with van der Waals surface area (Å²) in [5, 5.41) is 14.4. The zero-order valence-electron chi connectivity index (χ0n) is 24.5. The molecule has 0 saturated carbocycles. The number of benzene rings is 9. The summed E-state index contributed by atoms with van der Waals surface area (Å²) in [4.78, 5) is 0. The average molecular weight is 574 g/mol. The van der Waals surface area contributed by atoms with E-state index in [0.717, 1.165) is 33.1 Å². The van der Waals surface area contributed by atoms with Crippen LogP contribution in [-0.2, 0) is 0 Å². The first kappa shape index (κ1) is 25.7. The molecule has 0 aliphatic heterocycles. The van der Waals surface area contributed by atoms with E-state index < -0.39 is 7.12 Å². The summed E-state index contributed by atoms with van der Waals surface area (Å²) in [6.45, 7) is 0. The highest BCUT2D eigenvalue weighted by atomic mass is 16.6. The molecule has 0 fully saturated rings. The van der Waals surface area contributed by atoms with Crippen molar-refractivity contribution < 1.29 is 9.31 Å². The van der Waals surface area contributed by atoms with Crippen LogP contribution in [0.4, 0.5) is 0 Å². The molecule has 9 aromatic rings. The third-order valence-electron chi connectivity index (χ3n) is 8.96. The van der Waals surface area contributed by atoms with Crippen molar-refractivity contribution in [2.45, 2.75) is 0 Å². The quantitative estimate of drug-likeness (QED) is 0.150. The molecule has 45 heavy (non-hydrogen) atoms. The van der Waals surface area contributed by atoms with E-state index in [-0.39, 0.29) is 0 Å². The van der Waals surface area contributed by atoms with Crippen molar-refractivity contribution in [2.75, 3.05) is 0 Å². The van der Waals surface area contributed by atoms with Gasteiger partial charge < -0.3 is 9.31 Å². The Kier molecular flexibility index (Phi) is 5.95. The molecule has 0 bridgehead atoms. The highest BCUT2D eigenvalue weighted by molar-refractivity contribution is 6.63. The van der Waals surface area contributed by atoms with Gasteiger partial charge in [0.2, 0.25) is 0 Å². The van der Waals surface area contributed by atoms with Crippen LogP contribution in [0.25, 0.3) is 64.6 Å². The van der Waals surface area contributed by atoms with Gasteiger partial charge in [0.25, 0.3) is 0 Å². The lowest BCUT2D eigenvalue weighted by Gasteiger charge is -2.19. The summed E-state index contributed by atoms with van der Waals surface area (Å²) < 4.78 is 13.4. The maximum Gasteiger partial charge on any atom is 0.632 e. The second-order valence-electron chi connectivity index (χ2n) is 11.7. The van der Waals surface area contributed by atoms with Crippen molar-refractivity contribution in [2.24, 2.45) is 0 Å². The number of hydrogen-bond donors (Lipinski definition) is 0. The Morgan fingerprint density at radius 3 is 1.11 bits per heavy atom. The van der Waals surface area contributed by atoms with Crippen molar-refractivity contribution in [3.63, 3.8) is 0 Å². The Balaban J connectivity index is 1.14. The highest BCUT2D eigenvalue weighted by Crippen LogP contribution is 2.31. The smallest absolute Gasteiger partial charge is 0.522 e. The predicted molar refractivity (Wildman–Crippen MR) is 191 cm³/mol. The highest BCUT2D eigenvalue weighted by Gasteiger charge is 2.27. The minimum Gasteiger partial charge on any atom is -0.522 e. The summed E-state index contributed by atoms with van der Waals surface area (Å²) in [5.74, 6) is 1.52. The van der Waals surface area contributed by atoms with Crippen molar-refractivity contribution in [3.05, 3.63) is 164 Å². The fourth-order valence-corrected chi connectivity index (χ4v) is 6.71. The molecule has 0 atom stereocenters. The third kappa shape index (κ3) is 4.52. The van der Waals surface area contributed by atoms with Crippen LogP contribution in [0.3, 0.4) is 0 Å². The molecule has 0 aliphatic carbocycles. The van der Waals surface area contributed by atoms with Crippen molar-refractivity contribution in [3.8, 4) is 11.5 Å². The Labute approximate surface area is 261 Å². The summed E-state index contributed by atoms with van der Waals surface area (Å²) in [6.07, 6.45) is 0. The van der Waals surface area contributed by atoms with Crippen LogP contribution in [0.1, 0.15) is 0 Å². The van der Waals surface area contributed by atoms with Gasteiger partial charge >= 0.3 is 7.12 Å². The molecule has 210 valence electrons. The molecule has 9 rings (SSSR count). The van der Waals surface area contributed by atoms with Gasteiger partial charge in [-0.25, -0.2) is 0 Å². The molecule has 2 nitrogen and oxygen atoms in total. The van der Waals surface area contributed by atoms with Crippen molar-refractivity contribution >= 4 is 77.2 Å². The van der Waals surface area contributed by atoms with E-state index in [9.17, 15) is 0 Å². The Hall–Kier alpha value is -5.80. The van der Waals surface area contributed by atoms with Crippen LogP contribution in [0, 0.1) is 0 Å². The van der Waals surface area contributed by atoms with E-state index in [0.29, 0.717) is 0 Å². The lowest BCUT2D eigenvalue weighted by molar-refractivity contribution is 0.440. The second-order valence-corrected chi connectivity index (χ2v) is 11.7. The first-order valence-electron chi connectivity index (χ1n) is 15.3. The molecule has 0 amide bonds. The molecule has 0 spiro atoms. The Bertz CT molecular complexity index is 2450. The fraction of sp³-hybridized carbons (Fsp3) is 0. The van der Waals surface area contributed by atoms with Gasteiger partial charge in [0, 0.05) is 5.46 Å². The van der Waals surface area contributed by atoms with E-state index >= 15 is 0 Å². The van der Waals surface area contributed by atoms with Gasteiger partial charge in [0.1, 0.15) is 11.5 Å². The first-order chi connectivity index (χ1) is 22.3. The maximum atomic E-state index is 6.72. The van der Waals surface area contributed by atoms with E-state index in [1.807, 2.05) is 12.1 Å². The topological polar surface area (TPSA) is 18.5 Å². The van der Waals surface area contributed by atoms with Gasteiger partial charge in [0.05, 0.1) is 0 Å². The third-order valence-corrected chi connectivity index (χ3v) is 8.96. The van der Waals surface area contributed by atoms with Crippen LogP contribution in [0.5, 0.6) is 11.5 Å².